The minimum atomic E-state index is -0.256. The molecule has 2 aromatic rings. The van der Waals surface area contributed by atoms with E-state index in [9.17, 15) is 9.59 Å². The molecule has 0 aromatic carbocycles. The molecule has 0 aliphatic heterocycles. The van der Waals surface area contributed by atoms with Gasteiger partial charge < -0.3 is 9.47 Å². The van der Waals surface area contributed by atoms with Gasteiger partial charge in [-0.3, -0.25) is 14.2 Å². The molecule has 2 heterocycles. The summed E-state index contributed by atoms with van der Waals surface area (Å²) in [4.78, 5) is 31.5. The first kappa shape index (κ1) is 18.1. The smallest absolute Gasteiger partial charge is 0.305 e. The molecule has 25 heavy (non-hydrogen) atoms. The maximum Gasteiger partial charge on any atom is 0.305 e. The minimum Gasteiger partial charge on any atom is -0.469 e. The van der Waals surface area contributed by atoms with E-state index in [0.29, 0.717) is 32.4 Å². The van der Waals surface area contributed by atoms with Gasteiger partial charge in [0, 0.05) is 31.4 Å². The zero-order chi connectivity index (χ0) is 17.8. The summed E-state index contributed by atoms with van der Waals surface area (Å²) in [6.07, 6.45) is 5.77. The van der Waals surface area contributed by atoms with Gasteiger partial charge in [-0.05, 0) is 37.7 Å². The van der Waals surface area contributed by atoms with Gasteiger partial charge in [0.2, 0.25) is 0 Å². The van der Waals surface area contributed by atoms with E-state index in [-0.39, 0.29) is 11.5 Å². The predicted octanol–water partition coefficient (Wildman–Crippen LogP) is 2.48. The number of ether oxygens (including phenoxy) is 2. The molecular formula is C18H24N2O4S. The number of nitrogens with zero attached hydrogens (tertiary/aromatic N) is 2. The summed E-state index contributed by atoms with van der Waals surface area (Å²) in [7, 11) is 3.02. The molecule has 136 valence electrons. The fourth-order valence-electron chi connectivity index (χ4n) is 3.38. The number of fused-ring (bicyclic) bond motifs is 3. The van der Waals surface area contributed by atoms with E-state index >= 15 is 0 Å². The Bertz CT molecular complexity index is 825. The monoisotopic (exact) mass is 364 g/mol. The van der Waals surface area contributed by atoms with E-state index in [1.165, 1.54) is 24.0 Å². The number of carbonyl (C=O) groups is 1. The Morgan fingerprint density at radius 1 is 1.28 bits per heavy atom. The first-order valence-electron chi connectivity index (χ1n) is 8.75. The van der Waals surface area contributed by atoms with Crippen LogP contribution in [-0.4, -0.2) is 36.3 Å². The van der Waals surface area contributed by atoms with E-state index in [4.69, 9.17) is 9.72 Å². The molecule has 6 nitrogen and oxygen atoms in total. The molecule has 7 heteroatoms. The van der Waals surface area contributed by atoms with Crippen LogP contribution in [0.3, 0.4) is 0 Å². The molecule has 0 radical (unpaired) electrons. The third-order valence-corrected chi connectivity index (χ3v) is 5.86. The number of esters is 1. The summed E-state index contributed by atoms with van der Waals surface area (Å²) >= 11 is 1.66. The van der Waals surface area contributed by atoms with Crippen LogP contribution in [0.5, 0.6) is 0 Å². The molecule has 0 fully saturated rings. The highest BCUT2D eigenvalue weighted by molar-refractivity contribution is 7.18. The molecule has 1 aliphatic carbocycles. The number of methoxy groups -OCH3 is 2. The number of hydrogen-bond donors (Lipinski definition) is 0. The van der Waals surface area contributed by atoms with Crippen LogP contribution < -0.4 is 5.56 Å². The summed E-state index contributed by atoms with van der Waals surface area (Å²) in [6, 6.07) is 0. The van der Waals surface area contributed by atoms with Crippen molar-refractivity contribution in [2.24, 2.45) is 0 Å². The summed E-state index contributed by atoms with van der Waals surface area (Å²) < 4.78 is 11.6. The molecule has 0 saturated heterocycles. The van der Waals surface area contributed by atoms with Crippen LogP contribution in [0.15, 0.2) is 4.79 Å². The van der Waals surface area contributed by atoms with Gasteiger partial charge in [-0.15, -0.1) is 11.3 Å². The quantitative estimate of drug-likeness (QED) is 0.706. The second-order valence-electron chi connectivity index (χ2n) is 6.30. The molecule has 0 spiro atoms. The van der Waals surface area contributed by atoms with Gasteiger partial charge in [0.15, 0.2) is 0 Å². The number of aryl methyl sites for hydroxylation is 2. The number of hydrogen-bond acceptors (Lipinski definition) is 6. The normalized spacial score (nSPS) is 13.8. The molecule has 0 atom stereocenters. The Balaban J connectivity index is 1.99. The lowest BCUT2D eigenvalue weighted by atomic mass is 9.97. The second kappa shape index (κ2) is 8.10. The highest BCUT2D eigenvalue weighted by Crippen LogP contribution is 2.33. The zero-order valence-electron chi connectivity index (χ0n) is 14.8. The predicted molar refractivity (Wildman–Crippen MR) is 97.4 cm³/mol. The van der Waals surface area contributed by atoms with Gasteiger partial charge in [0.05, 0.1) is 19.1 Å². The molecular weight excluding hydrogens is 340 g/mol. The van der Waals surface area contributed by atoms with Gasteiger partial charge in [0.1, 0.15) is 10.7 Å². The maximum atomic E-state index is 13.2. The average molecular weight is 364 g/mol. The SMILES string of the molecule is COCCc1nc2sc3c(c2c(=O)n1CCCC(=O)OC)CCCC3. The molecule has 0 saturated carbocycles. The van der Waals surface area contributed by atoms with Gasteiger partial charge in [-0.1, -0.05) is 0 Å². The van der Waals surface area contributed by atoms with Crippen molar-refractivity contribution in [2.75, 3.05) is 20.8 Å². The van der Waals surface area contributed by atoms with Crippen LogP contribution in [0.2, 0.25) is 0 Å². The topological polar surface area (TPSA) is 70.4 Å². The Hall–Kier alpha value is -1.73. The summed E-state index contributed by atoms with van der Waals surface area (Å²) in [5, 5.41) is 0.791. The molecule has 0 bridgehead atoms. The van der Waals surface area contributed by atoms with E-state index in [1.54, 1.807) is 23.0 Å². The van der Waals surface area contributed by atoms with Crippen molar-refractivity contribution < 1.29 is 14.3 Å². The lowest BCUT2D eigenvalue weighted by Gasteiger charge is -2.13. The minimum absolute atomic E-state index is 0.0281. The van der Waals surface area contributed by atoms with Crippen molar-refractivity contribution in [1.29, 1.82) is 0 Å². The summed E-state index contributed by atoms with van der Waals surface area (Å²) in [5.41, 5.74) is 1.23. The van der Waals surface area contributed by atoms with Crippen molar-refractivity contribution in [3.8, 4) is 0 Å². The third kappa shape index (κ3) is 3.77. The molecule has 0 amide bonds. The first-order chi connectivity index (χ1) is 12.2. The molecule has 1 aliphatic rings. The highest BCUT2D eigenvalue weighted by Gasteiger charge is 2.22. The Morgan fingerprint density at radius 3 is 2.84 bits per heavy atom. The van der Waals surface area contributed by atoms with Gasteiger partial charge in [-0.25, -0.2) is 4.98 Å². The van der Waals surface area contributed by atoms with Crippen molar-refractivity contribution in [1.82, 2.24) is 9.55 Å². The van der Waals surface area contributed by atoms with Gasteiger partial charge in [-0.2, -0.15) is 0 Å². The van der Waals surface area contributed by atoms with Gasteiger partial charge in [0.25, 0.3) is 5.56 Å². The average Bonchev–Trinajstić information content (AvgIpc) is 3.00. The largest absolute Gasteiger partial charge is 0.469 e. The van der Waals surface area contributed by atoms with Crippen LogP contribution in [0.1, 0.15) is 41.9 Å². The second-order valence-corrected chi connectivity index (χ2v) is 7.38. The van der Waals surface area contributed by atoms with E-state index in [2.05, 4.69) is 4.74 Å². The Labute approximate surface area is 150 Å². The van der Waals surface area contributed by atoms with Crippen LogP contribution >= 0.6 is 11.3 Å². The van der Waals surface area contributed by atoms with Crippen molar-refractivity contribution >= 4 is 27.5 Å². The molecule has 3 rings (SSSR count). The number of aromatic nitrogens is 2. The Morgan fingerprint density at radius 2 is 2.08 bits per heavy atom. The van der Waals surface area contributed by atoms with Crippen LogP contribution in [0, 0.1) is 0 Å². The zero-order valence-corrected chi connectivity index (χ0v) is 15.6. The van der Waals surface area contributed by atoms with E-state index < -0.39 is 0 Å². The fraction of sp³-hybridized carbons (Fsp3) is 0.611. The van der Waals surface area contributed by atoms with Gasteiger partial charge >= 0.3 is 5.97 Å². The highest BCUT2D eigenvalue weighted by atomic mass is 32.1. The molecule has 2 aromatic heterocycles. The summed E-state index contributed by atoms with van der Waals surface area (Å²) in [5.74, 6) is 0.483. The standard InChI is InChI=1S/C18H24N2O4S/c1-23-11-9-14-19-17-16(12-6-3-4-7-13(12)25-17)18(22)20(14)10-5-8-15(21)24-2/h3-11H2,1-2H3. The fourth-order valence-corrected chi connectivity index (χ4v) is 4.65. The van der Waals surface area contributed by atoms with E-state index in [1.807, 2.05) is 0 Å². The lowest BCUT2D eigenvalue weighted by molar-refractivity contribution is -0.140. The van der Waals surface area contributed by atoms with Crippen molar-refractivity contribution in [2.45, 2.75) is 51.5 Å². The third-order valence-electron chi connectivity index (χ3n) is 4.67. The maximum absolute atomic E-state index is 13.2. The lowest BCUT2D eigenvalue weighted by Crippen LogP contribution is -2.27. The van der Waals surface area contributed by atoms with Crippen molar-refractivity contribution in [3.05, 3.63) is 26.6 Å². The van der Waals surface area contributed by atoms with Crippen LogP contribution in [-0.2, 0) is 40.1 Å². The van der Waals surface area contributed by atoms with Crippen LogP contribution in [0.25, 0.3) is 10.2 Å². The molecule has 0 unspecified atom stereocenters. The van der Waals surface area contributed by atoms with Crippen molar-refractivity contribution in [3.63, 3.8) is 0 Å². The number of rotatable bonds is 7. The molecule has 0 N–H and O–H groups in total. The first-order valence-corrected chi connectivity index (χ1v) is 9.57. The summed E-state index contributed by atoms with van der Waals surface area (Å²) in [6.45, 7) is 0.987. The van der Waals surface area contributed by atoms with Crippen LogP contribution in [0.4, 0.5) is 0 Å². The Kier molecular flexibility index (Phi) is 5.86. The van der Waals surface area contributed by atoms with E-state index in [0.717, 1.165) is 35.3 Å². The number of carbonyl (C=O) groups excluding carboxylic acids is 1. The number of thiophene rings is 1.